The second-order valence-corrected chi connectivity index (χ2v) is 4.37. The van der Waals surface area contributed by atoms with E-state index in [2.05, 4.69) is 15.6 Å². The van der Waals surface area contributed by atoms with Gasteiger partial charge in [0.05, 0.1) is 6.61 Å². The minimum absolute atomic E-state index is 0.00835. The molecular weight excluding hydrogens is 250 g/mol. The van der Waals surface area contributed by atoms with E-state index in [1.165, 1.54) is 4.90 Å². The molecular formula is C12H21N3O4. The second-order valence-electron chi connectivity index (χ2n) is 4.37. The minimum atomic E-state index is -0.713. The normalized spacial score (nSPS) is 16.3. The van der Waals surface area contributed by atoms with Crippen molar-refractivity contribution < 1.29 is 19.1 Å². The van der Waals surface area contributed by atoms with Crippen molar-refractivity contribution >= 4 is 17.9 Å². The number of ether oxygens (including phenoxy) is 1. The van der Waals surface area contributed by atoms with Crippen LogP contribution in [-0.4, -0.2) is 42.5 Å². The second kappa shape index (κ2) is 8.34. The molecule has 0 aromatic carbocycles. The number of carbonyl (C=O) groups excluding carboxylic acids is 3. The molecule has 1 aliphatic heterocycles. The SMILES string of the molecule is CCOC(=O)NNC(=O)CN1CCCCCCC1=O. The Bertz CT molecular complexity index is 333. The van der Waals surface area contributed by atoms with Gasteiger partial charge in [0.15, 0.2) is 0 Å². The highest BCUT2D eigenvalue weighted by Gasteiger charge is 2.18. The van der Waals surface area contributed by atoms with Gasteiger partial charge in [-0.1, -0.05) is 12.8 Å². The largest absolute Gasteiger partial charge is 0.449 e. The average Bonchev–Trinajstić information content (AvgIpc) is 2.36. The summed E-state index contributed by atoms with van der Waals surface area (Å²) in [6.07, 6.45) is 3.69. The first-order valence-corrected chi connectivity index (χ1v) is 6.63. The summed E-state index contributed by atoms with van der Waals surface area (Å²) in [4.78, 5) is 35.9. The van der Waals surface area contributed by atoms with Crippen LogP contribution in [0, 0.1) is 0 Å². The molecule has 3 amide bonds. The van der Waals surface area contributed by atoms with Gasteiger partial charge in [0.2, 0.25) is 5.91 Å². The molecule has 0 spiro atoms. The lowest BCUT2D eigenvalue weighted by atomic mass is 10.1. The van der Waals surface area contributed by atoms with Crippen molar-refractivity contribution in [2.45, 2.75) is 39.0 Å². The molecule has 0 aromatic heterocycles. The number of hydrogen-bond donors (Lipinski definition) is 2. The average molecular weight is 271 g/mol. The van der Waals surface area contributed by atoms with Crippen molar-refractivity contribution in [3.05, 3.63) is 0 Å². The van der Waals surface area contributed by atoms with Crippen LogP contribution in [0.2, 0.25) is 0 Å². The number of hydrogen-bond acceptors (Lipinski definition) is 4. The molecule has 0 saturated carbocycles. The fraction of sp³-hybridized carbons (Fsp3) is 0.750. The van der Waals surface area contributed by atoms with E-state index in [9.17, 15) is 14.4 Å². The number of carbonyl (C=O) groups is 3. The van der Waals surface area contributed by atoms with E-state index in [1.54, 1.807) is 6.92 Å². The van der Waals surface area contributed by atoms with Crippen molar-refractivity contribution in [2.24, 2.45) is 0 Å². The highest BCUT2D eigenvalue weighted by molar-refractivity contribution is 5.85. The van der Waals surface area contributed by atoms with E-state index in [0.717, 1.165) is 25.7 Å². The lowest BCUT2D eigenvalue weighted by Crippen LogP contribution is -2.48. The zero-order chi connectivity index (χ0) is 14.1. The summed E-state index contributed by atoms with van der Waals surface area (Å²) < 4.78 is 4.59. The first kappa shape index (κ1) is 15.3. The first-order chi connectivity index (χ1) is 9.13. The summed E-state index contributed by atoms with van der Waals surface area (Å²) in [5.41, 5.74) is 4.33. The third-order valence-corrected chi connectivity index (χ3v) is 2.84. The van der Waals surface area contributed by atoms with E-state index in [1.807, 2.05) is 0 Å². The topological polar surface area (TPSA) is 87.7 Å². The van der Waals surface area contributed by atoms with Gasteiger partial charge in [-0.3, -0.25) is 15.0 Å². The zero-order valence-corrected chi connectivity index (χ0v) is 11.2. The molecule has 7 heteroatoms. The van der Waals surface area contributed by atoms with E-state index in [-0.39, 0.29) is 19.1 Å². The predicted octanol–water partition coefficient (Wildman–Crippen LogP) is 0.556. The van der Waals surface area contributed by atoms with Gasteiger partial charge in [-0.25, -0.2) is 10.2 Å². The van der Waals surface area contributed by atoms with Crippen molar-refractivity contribution in [3.63, 3.8) is 0 Å². The maximum Gasteiger partial charge on any atom is 0.426 e. The highest BCUT2D eigenvalue weighted by Crippen LogP contribution is 2.11. The summed E-state index contributed by atoms with van der Waals surface area (Å²) in [6, 6.07) is 0. The summed E-state index contributed by atoms with van der Waals surface area (Å²) in [5.74, 6) is -0.437. The van der Waals surface area contributed by atoms with Gasteiger partial charge in [0.1, 0.15) is 6.54 Å². The van der Waals surface area contributed by atoms with Gasteiger partial charge >= 0.3 is 6.09 Å². The number of rotatable bonds is 3. The molecule has 1 saturated heterocycles. The van der Waals surface area contributed by atoms with Crippen molar-refractivity contribution in [1.82, 2.24) is 15.8 Å². The lowest BCUT2D eigenvalue weighted by Gasteiger charge is -2.24. The summed E-state index contributed by atoms with van der Waals surface area (Å²) in [5, 5.41) is 0. The molecule has 0 radical (unpaired) electrons. The number of hydrazine groups is 1. The Hall–Kier alpha value is -1.79. The Morgan fingerprint density at radius 2 is 1.95 bits per heavy atom. The summed E-state index contributed by atoms with van der Waals surface area (Å²) in [7, 11) is 0. The van der Waals surface area contributed by atoms with Crippen LogP contribution in [-0.2, 0) is 14.3 Å². The monoisotopic (exact) mass is 271 g/mol. The van der Waals surface area contributed by atoms with Gasteiger partial charge in [-0.2, -0.15) is 0 Å². The van der Waals surface area contributed by atoms with E-state index in [4.69, 9.17) is 0 Å². The number of nitrogens with zero attached hydrogens (tertiary/aromatic N) is 1. The number of amides is 3. The molecule has 0 atom stereocenters. The van der Waals surface area contributed by atoms with E-state index < -0.39 is 12.0 Å². The molecule has 7 nitrogen and oxygen atoms in total. The van der Waals surface area contributed by atoms with Crippen LogP contribution in [0.1, 0.15) is 39.0 Å². The lowest BCUT2D eigenvalue weighted by molar-refractivity contribution is -0.136. The van der Waals surface area contributed by atoms with Gasteiger partial charge in [-0.15, -0.1) is 0 Å². The number of nitrogens with one attached hydrogen (secondary N) is 2. The van der Waals surface area contributed by atoms with Crippen molar-refractivity contribution in [1.29, 1.82) is 0 Å². The predicted molar refractivity (Wildman–Crippen MR) is 68.0 cm³/mol. The molecule has 0 aromatic rings. The molecule has 108 valence electrons. The Kier molecular flexibility index (Phi) is 6.70. The summed E-state index contributed by atoms with van der Waals surface area (Å²) >= 11 is 0. The molecule has 0 bridgehead atoms. The highest BCUT2D eigenvalue weighted by atomic mass is 16.5. The van der Waals surface area contributed by atoms with Crippen LogP contribution in [0.3, 0.4) is 0 Å². The molecule has 1 aliphatic rings. The van der Waals surface area contributed by atoms with Gasteiger partial charge in [-0.05, 0) is 19.8 Å². The number of likely N-dealkylation sites (tertiary alicyclic amines) is 1. The molecule has 1 fully saturated rings. The third-order valence-electron chi connectivity index (χ3n) is 2.84. The Morgan fingerprint density at radius 1 is 1.21 bits per heavy atom. The van der Waals surface area contributed by atoms with Gasteiger partial charge in [0.25, 0.3) is 5.91 Å². The fourth-order valence-corrected chi connectivity index (χ4v) is 1.88. The first-order valence-electron chi connectivity index (χ1n) is 6.63. The summed E-state index contributed by atoms with van der Waals surface area (Å²) in [6.45, 7) is 2.45. The standard InChI is InChI=1S/C12H21N3O4/c1-2-19-12(18)14-13-10(16)9-15-8-6-4-3-5-7-11(15)17/h2-9H2,1H3,(H,13,16)(H,14,18). The smallest absolute Gasteiger partial charge is 0.426 e. The van der Waals surface area contributed by atoms with Crippen LogP contribution in [0.4, 0.5) is 4.79 Å². The molecule has 1 heterocycles. The third kappa shape index (κ3) is 6.08. The molecule has 1 rings (SSSR count). The van der Waals surface area contributed by atoms with E-state index >= 15 is 0 Å². The van der Waals surface area contributed by atoms with Gasteiger partial charge in [0, 0.05) is 13.0 Å². The zero-order valence-electron chi connectivity index (χ0n) is 11.2. The van der Waals surface area contributed by atoms with Crippen LogP contribution < -0.4 is 10.9 Å². The minimum Gasteiger partial charge on any atom is -0.449 e. The quantitative estimate of drug-likeness (QED) is 0.734. The van der Waals surface area contributed by atoms with Crippen molar-refractivity contribution in [2.75, 3.05) is 19.7 Å². The molecule has 0 unspecified atom stereocenters. The Morgan fingerprint density at radius 3 is 2.68 bits per heavy atom. The maximum atomic E-state index is 11.8. The fourth-order valence-electron chi connectivity index (χ4n) is 1.88. The van der Waals surface area contributed by atoms with Crippen LogP contribution in [0.25, 0.3) is 0 Å². The van der Waals surface area contributed by atoms with Crippen LogP contribution >= 0.6 is 0 Å². The molecule has 19 heavy (non-hydrogen) atoms. The Balaban J connectivity index is 2.32. The Labute approximate surface area is 112 Å². The molecule has 2 N–H and O–H groups in total. The van der Waals surface area contributed by atoms with E-state index in [0.29, 0.717) is 13.0 Å². The van der Waals surface area contributed by atoms with Crippen molar-refractivity contribution in [3.8, 4) is 0 Å². The maximum absolute atomic E-state index is 11.8. The van der Waals surface area contributed by atoms with Crippen LogP contribution in [0.15, 0.2) is 0 Å². The van der Waals surface area contributed by atoms with Gasteiger partial charge < -0.3 is 9.64 Å². The van der Waals surface area contributed by atoms with Crippen LogP contribution in [0.5, 0.6) is 0 Å². The molecule has 0 aliphatic carbocycles.